The van der Waals surface area contributed by atoms with Crippen LogP contribution < -0.4 is 42.3 Å². The second-order valence-corrected chi connectivity index (χ2v) is 12.8. The summed E-state index contributed by atoms with van der Waals surface area (Å²) in [4.78, 5) is 53.6. The number of unbranched alkanes of at least 4 members (excludes halogenated alkanes) is 1. The predicted molar refractivity (Wildman–Crippen MR) is 202 cm³/mol. The number of hydrogen-bond donors (Lipinski definition) is 10. The van der Waals surface area contributed by atoms with Crippen molar-refractivity contribution in [3.8, 4) is 5.75 Å². The van der Waals surface area contributed by atoms with Gasteiger partial charge in [-0.25, -0.2) is 0 Å². The highest BCUT2D eigenvalue weighted by Gasteiger charge is 2.31. The third kappa shape index (κ3) is 14.9. The number of rotatable bonds is 21. The first-order valence-electron chi connectivity index (χ1n) is 16.1. The van der Waals surface area contributed by atoms with Gasteiger partial charge in [-0.05, 0) is 96.3 Å². The maximum atomic E-state index is 14.0. The fourth-order valence-corrected chi connectivity index (χ4v) is 5.92. The van der Waals surface area contributed by atoms with Crippen molar-refractivity contribution in [1.29, 1.82) is 5.41 Å². The molecule has 0 bridgehead atoms. The van der Waals surface area contributed by atoms with E-state index in [2.05, 4.69) is 64.7 Å². The third-order valence-corrected chi connectivity index (χ3v) is 8.97. The van der Waals surface area contributed by atoms with Gasteiger partial charge >= 0.3 is 0 Å². The number of benzene rings is 2. The average molecular weight is 736 g/mol. The quantitative estimate of drug-likeness (QED) is 0.0377. The number of nitrogens with one attached hydrogen (secondary N) is 8. The number of primary amides is 1. The lowest BCUT2D eigenvalue weighted by Gasteiger charge is -2.27. The Kier molecular flexibility index (Phi) is 19.0. The lowest BCUT2D eigenvalue weighted by Crippen LogP contribution is -2.58. The molecule has 0 saturated heterocycles. The molecule has 0 aliphatic heterocycles. The van der Waals surface area contributed by atoms with Crippen LogP contribution in [0.4, 0.5) is 0 Å². The molecule has 0 fully saturated rings. The molecule has 11 N–H and O–H groups in total. The Morgan fingerprint density at radius 3 is 1.94 bits per heavy atom. The van der Waals surface area contributed by atoms with Crippen LogP contribution in [-0.4, -0.2) is 72.0 Å². The van der Waals surface area contributed by atoms with E-state index in [-0.39, 0.29) is 31.0 Å². The van der Waals surface area contributed by atoms with E-state index in [0.717, 1.165) is 28.7 Å². The van der Waals surface area contributed by atoms with Crippen molar-refractivity contribution in [2.24, 2.45) is 5.73 Å². The van der Waals surface area contributed by atoms with Crippen LogP contribution in [0.5, 0.6) is 5.75 Å². The minimum Gasteiger partial charge on any atom is -0.508 e. The second kappa shape index (κ2) is 22.3. The topological polar surface area (TPSA) is 223 Å². The van der Waals surface area contributed by atoms with E-state index < -0.39 is 47.8 Å². The zero-order valence-corrected chi connectivity index (χ0v) is 31.6. The number of hydrogen-bond acceptors (Lipinski definition) is 8. The van der Waals surface area contributed by atoms with Crippen LogP contribution in [0.2, 0.25) is 0 Å². The number of guanidine groups is 1. The average Bonchev–Trinajstić information content (AvgIpc) is 3.06. The first kappa shape index (κ1) is 41.8. The van der Waals surface area contributed by atoms with Crippen molar-refractivity contribution in [2.75, 3.05) is 13.1 Å². The Morgan fingerprint density at radius 2 is 1.35 bits per heavy atom. The fourth-order valence-electron chi connectivity index (χ4n) is 5.30. The molecule has 49 heavy (non-hydrogen) atoms. The summed E-state index contributed by atoms with van der Waals surface area (Å²) in [5.41, 5.74) is 8.73. The van der Waals surface area contributed by atoms with Crippen LogP contribution in [0.25, 0.3) is 0 Å². The first-order valence-corrected chi connectivity index (χ1v) is 17.8. The second-order valence-electron chi connectivity index (χ2n) is 11.8. The van der Waals surface area contributed by atoms with Gasteiger partial charge in [-0.3, -0.25) is 29.7 Å². The maximum absolute atomic E-state index is 14.0. The van der Waals surface area contributed by atoms with Crippen LogP contribution in [0.3, 0.4) is 0 Å². The van der Waals surface area contributed by atoms with Crippen molar-refractivity contribution in [3.63, 3.8) is 0 Å². The molecule has 0 radical (unpaired) electrons. The summed E-state index contributed by atoms with van der Waals surface area (Å²) in [5.74, 6) is -2.04. The molecule has 2 aromatic carbocycles. The van der Waals surface area contributed by atoms with Gasteiger partial charge in [0.05, 0.1) is 6.04 Å². The maximum Gasteiger partial charge on any atom is 0.243 e. The smallest absolute Gasteiger partial charge is 0.243 e. The highest BCUT2D eigenvalue weighted by molar-refractivity contribution is 7.15. The number of phenolic OH excluding ortho intramolecular Hbond substituents is 1. The summed E-state index contributed by atoms with van der Waals surface area (Å²) in [6, 6.07) is 8.58. The first-order chi connectivity index (χ1) is 23.4. The molecule has 2 aromatic rings. The van der Waals surface area contributed by atoms with Gasteiger partial charge < -0.3 is 42.3 Å². The van der Waals surface area contributed by atoms with Gasteiger partial charge in [0.25, 0.3) is 0 Å². The number of phenols is 1. The van der Waals surface area contributed by atoms with E-state index >= 15 is 0 Å². The minimum atomic E-state index is -1.08. The molecular weight excluding hydrogens is 683 g/mol. The van der Waals surface area contributed by atoms with Gasteiger partial charge in [0.2, 0.25) is 23.6 Å². The summed E-state index contributed by atoms with van der Waals surface area (Å²) in [6.45, 7) is 4.75. The van der Waals surface area contributed by atoms with Gasteiger partial charge in [0.1, 0.15) is 23.9 Å². The SMILES string of the molecule is Cc1cc(O)cc(C)c1C[C@H](NC(=O)[C@@H](CCCNC(=N)NP)NP)C(=O)N[C@@H](CCCCNP)C(=O)N[C@@H](Cc1ccccc1)C(N)=O. The molecule has 0 aromatic heterocycles. The van der Waals surface area contributed by atoms with E-state index in [0.29, 0.717) is 32.4 Å². The Labute approximate surface area is 295 Å². The van der Waals surface area contributed by atoms with E-state index in [1.54, 1.807) is 12.1 Å². The highest BCUT2D eigenvalue weighted by atomic mass is 31.0. The van der Waals surface area contributed by atoms with Crippen LogP contribution in [-0.2, 0) is 32.0 Å². The van der Waals surface area contributed by atoms with Crippen LogP contribution in [0.15, 0.2) is 42.5 Å². The summed E-state index contributed by atoms with van der Waals surface area (Å²) < 4.78 is 0. The Hall–Kier alpha value is -3.40. The molecular formula is C32H52N9O5P3. The minimum absolute atomic E-state index is 0.0887. The van der Waals surface area contributed by atoms with Crippen LogP contribution in [0.1, 0.15) is 54.4 Å². The summed E-state index contributed by atoms with van der Waals surface area (Å²) in [6.07, 6.45) is 2.83. The molecule has 17 heteroatoms. The van der Waals surface area contributed by atoms with Crippen LogP contribution >= 0.6 is 28.2 Å². The Morgan fingerprint density at radius 1 is 0.776 bits per heavy atom. The fraction of sp³-hybridized carbons (Fsp3) is 0.469. The van der Waals surface area contributed by atoms with E-state index in [1.807, 2.05) is 44.2 Å². The highest BCUT2D eigenvalue weighted by Crippen LogP contribution is 2.22. The van der Waals surface area contributed by atoms with E-state index in [9.17, 15) is 24.3 Å². The summed E-state index contributed by atoms with van der Waals surface area (Å²) in [5, 5.41) is 37.6. The molecule has 0 aliphatic carbocycles. The number of amides is 4. The van der Waals surface area contributed by atoms with E-state index in [4.69, 9.17) is 11.1 Å². The lowest BCUT2D eigenvalue weighted by molar-refractivity contribution is -0.133. The molecule has 0 heterocycles. The number of aryl methyl sites for hydroxylation is 2. The molecule has 7 atom stereocenters. The summed E-state index contributed by atoms with van der Waals surface area (Å²) in [7, 11) is 6.99. The molecule has 14 nitrogen and oxygen atoms in total. The monoisotopic (exact) mass is 735 g/mol. The normalized spacial score (nSPS) is 13.3. The zero-order chi connectivity index (χ0) is 36.3. The number of nitrogens with two attached hydrogens (primary N) is 1. The third-order valence-electron chi connectivity index (χ3n) is 7.99. The molecule has 3 unspecified atom stereocenters. The molecule has 0 spiro atoms. The van der Waals surface area contributed by atoms with Crippen molar-refractivity contribution >= 4 is 57.8 Å². The largest absolute Gasteiger partial charge is 0.508 e. The van der Waals surface area contributed by atoms with Crippen molar-refractivity contribution in [1.82, 2.24) is 36.5 Å². The lowest BCUT2D eigenvalue weighted by atomic mass is 9.95. The number of carbonyl (C=O) groups excluding carboxylic acids is 4. The zero-order valence-electron chi connectivity index (χ0n) is 28.1. The van der Waals surface area contributed by atoms with Gasteiger partial charge in [-0.2, -0.15) is 0 Å². The van der Waals surface area contributed by atoms with Gasteiger partial charge in [0.15, 0.2) is 5.96 Å². The number of aromatic hydroxyl groups is 1. The molecule has 0 saturated carbocycles. The van der Waals surface area contributed by atoms with Gasteiger partial charge in [-0.1, -0.05) is 49.1 Å². The Bertz CT molecular complexity index is 1380. The van der Waals surface area contributed by atoms with Crippen molar-refractivity contribution in [2.45, 2.75) is 83.0 Å². The summed E-state index contributed by atoms with van der Waals surface area (Å²) >= 11 is 0. The van der Waals surface area contributed by atoms with Gasteiger partial charge in [-0.15, -0.1) is 0 Å². The van der Waals surface area contributed by atoms with E-state index in [1.165, 1.54) is 0 Å². The molecule has 270 valence electrons. The van der Waals surface area contributed by atoms with Crippen LogP contribution in [0, 0.1) is 19.3 Å². The van der Waals surface area contributed by atoms with Gasteiger partial charge in [0, 0.05) is 19.4 Å². The standard InChI is InChI=1S/C32H52N9O5P3/c1-19-15-22(42)16-20(2)23(19)18-27(39-30(45)25(40-48)12-8-13-35-32(34)41-49)31(46)37-24(11-6-7-14-36-47)29(44)38-26(28(33)43)17-21-9-4-3-5-10-21/h3-5,9-10,15-16,24-27,36,40,42H,6-8,11-14,17-18,47-49H2,1-2H3,(H2,33,43)(H,37,46)(H,38,44)(H,39,45)(H3,34,35,41)/t24-,25+,26-,27-/m0/s1. The molecule has 4 amide bonds. The number of carbonyl (C=O) groups is 4. The predicted octanol–water partition coefficient (Wildman–Crippen LogP) is 0.717. The van der Waals surface area contributed by atoms with Crippen molar-refractivity contribution in [3.05, 3.63) is 64.7 Å². The Balaban J connectivity index is 2.32. The molecule has 2 rings (SSSR count). The van der Waals surface area contributed by atoms with Crippen molar-refractivity contribution < 1.29 is 24.3 Å². The molecule has 0 aliphatic rings.